The SMILES string of the molecule is O=C(NCCNC(=O)c1cccnc1N1CCCCC1)c1ccc(Cl)cc1. The molecule has 1 fully saturated rings. The molecule has 1 aromatic carbocycles. The van der Waals surface area contributed by atoms with Crippen LogP contribution in [-0.4, -0.2) is 43.0 Å². The largest absolute Gasteiger partial charge is 0.356 e. The van der Waals surface area contributed by atoms with Crippen LogP contribution in [-0.2, 0) is 0 Å². The first-order chi connectivity index (χ1) is 13.1. The Morgan fingerprint density at radius 1 is 0.963 bits per heavy atom. The molecule has 1 aliphatic rings. The van der Waals surface area contributed by atoms with Crippen LogP contribution in [0.1, 0.15) is 40.0 Å². The summed E-state index contributed by atoms with van der Waals surface area (Å²) in [5.74, 6) is 0.362. The average molecular weight is 387 g/mol. The number of halogens is 1. The van der Waals surface area contributed by atoms with E-state index in [2.05, 4.69) is 20.5 Å². The highest BCUT2D eigenvalue weighted by atomic mass is 35.5. The first kappa shape index (κ1) is 19.2. The molecule has 2 aromatic rings. The number of carbonyl (C=O) groups is 2. The van der Waals surface area contributed by atoms with Gasteiger partial charge < -0.3 is 15.5 Å². The Morgan fingerprint density at radius 2 is 1.63 bits per heavy atom. The van der Waals surface area contributed by atoms with Crippen molar-refractivity contribution < 1.29 is 9.59 Å². The summed E-state index contributed by atoms with van der Waals surface area (Å²) in [6.45, 7) is 2.53. The summed E-state index contributed by atoms with van der Waals surface area (Å²) in [5.41, 5.74) is 1.11. The molecule has 7 heteroatoms. The van der Waals surface area contributed by atoms with Crippen molar-refractivity contribution in [2.75, 3.05) is 31.1 Å². The molecule has 1 aliphatic heterocycles. The van der Waals surface area contributed by atoms with Crippen LogP contribution in [0.15, 0.2) is 42.6 Å². The summed E-state index contributed by atoms with van der Waals surface area (Å²) in [5, 5.41) is 6.22. The van der Waals surface area contributed by atoms with Gasteiger partial charge >= 0.3 is 0 Å². The van der Waals surface area contributed by atoms with Crippen LogP contribution in [0.25, 0.3) is 0 Å². The van der Waals surface area contributed by atoms with E-state index in [1.54, 1.807) is 42.6 Å². The molecule has 0 radical (unpaired) electrons. The molecule has 0 bridgehead atoms. The van der Waals surface area contributed by atoms with E-state index >= 15 is 0 Å². The third kappa shape index (κ3) is 5.20. The van der Waals surface area contributed by atoms with Gasteiger partial charge in [-0.1, -0.05) is 11.6 Å². The van der Waals surface area contributed by atoms with Gasteiger partial charge in [0.05, 0.1) is 5.56 Å². The van der Waals surface area contributed by atoms with Gasteiger partial charge in [-0.05, 0) is 55.7 Å². The topological polar surface area (TPSA) is 74.3 Å². The van der Waals surface area contributed by atoms with Gasteiger partial charge in [0.2, 0.25) is 0 Å². The van der Waals surface area contributed by atoms with Gasteiger partial charge in [-0.15, -0.1) is 0 Å². The van der Waals surface area contributed by atoms with Crippen LogP contribution >= 0.6 is 11.6 Å². The van der Waals surface area contributed by atoms with E-state index in [0.717, 1.165) is 31.7 Å². The molecule has 6 nitrogen and oxygen atoms in total. The van der Waals surface area contributed by atoms with Gasteiger partial charge in [-0.2, -0.15) is 0 Å². The molecule has 142 valence electrons. The summed E-state index contributed by atoms with van der Waals surface area (Å²) in [7, 11) is 0. The fourth-order valence-electron chi connectivity index (χ4n) is 3.08. The highest BCUT2D eigenvalue weighted by Gasteiger charge is 2.19. The van der Waals surface area contributed by atoms with Crippen LogP contribution in [0, 0.1) is 0 Å². The molecule has 0 saturated carbocycles. The van der Waals surface area contributed by atoms with E-state index in [0.29, 0.717) is 29.2 Å². The zero-order valence-corrected chi connectivity index (χ0v) is 15.8. The molecule has 1 saturated heterocycles. The lowest BCUT2D eigenvalue weighted by molar-refractivity contribution is 0.0927. The number of nitrogens with zero attached hydrogens (tertiary/aromatic N) is 2. The monoisotopic (exact) mass is 386 g/mol. The minimum atomic E-state index is -0.198. The molecule has 3 rings (SSSR count). The fourth-order valence-corrected chi connectivity index (χ4v) is 3.21. The number of rotatable bonds is 6. The number of aromatic nitrogens is 1. The van der Waals surface area contributed by atoms with Gasteiger partial charge in [0, 0.05) is 43.0 Å². The molecule has 2 heterocycles. The Kier molecular flexibility index (Phi) is 6.65. The van der Waals surface area contributed by atoms with Crippen LogP contribution in [0.5, 0.6) is 0 Å². The van der Waals surface area contributed by atoms with Crippen LogP contribution < -0.4 is 15.5 Å². The van der Waals surface area contributed by atoms with E-state index < -0.39 is 0 Å². The Bertz CT molecular complexity index is 789. The van der Waals surface area contributed by atoms with Crippen LogP contribution in [0.4, 0.5) is 5.82 Å². The van der Waals surface area contributed by atoms with Crippen molar-refractivity contribution in [3.63, 3.8) is 0 Å². The van der Waals surface area contributed by atoms with E-state index in [4.69, 9.17) is 11.6 Å². The van der Waals surface area contributed by atoms with Crippen molar-refractivity contribution in [3.05, 3.63) is 58.7 Å². The van der Waals surface area contributed by atoms with Crippen molar-refractivity contribution in [1.82, 2.24) is 15.6 Å². The third-order valence-corrected chi connectivity index (χ3v) is 4.74. The number of anilines is 1. The third-order valence-electron chi connectivity index (χ3n) is 4.49. The molecule has 0 aliphatic carbocycles. The molecule has 0 unspecified atom stereocenters. The van der Waals surface area contributed by atoms with Crippen molar-refractivity contribution in [2.45, 2.75) is 19.3 Å². The van der Waals surface area contributed by atoms with Crippen LogP contribution in [0.3, 0.4) is 0 Å². The predicted octanol–water partition coefficient (Wildman–Crippen LogP) is 2.89. The minimum absolute atomic E-state index is 0.176. The summed E-state index contributed by atoms with van der Waals surface area (Å²) in [4.78, 5) is 31.2. The predicted molar refractivity (Wildman–Crippen MR) is 106 cm³/mol. The van der Waals surface area contributed by atoms with Gasteiger partial charge in [0.15, 0.2) is 0 Å². The maximum atomic E-state index is 12.6. The fraction of sp³-hybridized carbons (Fsp3) is 0.350. The van der Waals surface area contributed by atoms with Crippen molar-refractivity contribution in [1.29, 1.82) is 0 Å². The summed E-state index contributed by atoms with van der Waals surface area (Å²) < 4.78 is 0. The van der Waals surface area contributed by atoms with E-state index in [-0.39, 0.29) is 11.8 Å². The van der Waals surface area contributed by atoms with Gasteiger partial charge in [-0.25, -0.2) is 4.98 Å². The lowest BCUT2D eigenvalue weighted by atomic mass is 10.1. The van der Waals surface area contributed by atoms with Gasteiger partial charge in [0.1, 0.15) is 5.82 Å². The molecular weight excluding hydrogens is 364 g/mol. The molecule has 1 aromatic heterocycles. The maximum absolute atomic E-state index is 12.6. The highest BCUT2D eigenvalue weighted by molar-refractivity contribution is 6.30. The number of amides is 2. The molecule has 0 spiro atoms. The highest BCUT2D eigenvalue weighted by Crippen LogP contribution is 2.21. The van der Waals surface area contributed by atoms with Gasteiger partial charge in [0.25, 0.3) is 11.8 Å². The summed E-state index contributed by atoms with van der Waals surface area (Å²) in [6.07, 6.45) is 5.17. The Labute approximate surface area is 163 Å². The molecular formula is C20H23ClN4O2. The Balaban J connectivity index is 1.51. The van der Waals surface area contributed by atoms with Crippen molar-refractivity contribution in [3.8, 4) is 0 Å². The molecule has 0 atom stereocenters. The lowest BCUT2D eigenvalue weighted by Crippen LogP contribution is -2.36. The first-order valence-corrected chi connectivity index (χ1v) is 9.55. The van der Waals surface area contributed by atoms with Crippen molar-refractivity contribution >= 4 is 29.2 Å². The number of hydrogen-bond acceptors (Lipinski definition) is 4. The number of piperidine rings is 1. The number of nitrogens with one attached hydrogen (secondary N) is 2. The second kappa shape index (κ2) is 9.37. The molecule has 2 amide bonds. The summed E-state index contributed by atoms with van der Waals surface area (Å²) >= 11 is 5.82. The van der Waals surface area contributed by atoms with E-state index in [1.165, 1.54) is 6.42 Å². The normalized spacial score (nSPS) is 13.9. The second-order valence-electron chi connectivity index (χ2n) is 6.44. The van der Waals surface area contributed by atoms with Crippen LogP contribution in [0.2, 0.25) is 5.02 Å². The van der Waals surface area contributed by atoms with E-state index in [9.17, 15) is 9.59 Å². The Hall–Kier alpha value is -2.60. The first-order valence-electron chi connectivity index (χ1n) is 9.17. The second-order valence-corrected chi connectivity index (χ2v) is 6.88. The summed E-state index contributed by atoms with van der Waals surface area (Å²) in [6, 6.07) is 10.2. The average Bonchev–Trinajstić information content (AvgIpc) is 2.72. The van der Waals surface area contributed by atoms with Crippen molar-refractivity contribution in [2.24, 2.45) is 0 Å². The maximum Gasteiger partial charge on any atom is 0.255 e. The number of pyridine rings is 1. The standard InChI is InChI=1S/C20H23ClN4O2/c21-16-8-6-15(7-9-16)19(26)23-11-12-24-20(27)17-5-4-10-22-18(17)25-13-2-1-3-14-25/h4-10H,1-3,11-14H2,(H,23,26)(H,24,27). The number of carbonyl (C=O) groups excluding carboxylic acids is 2. The zero-order chi connectivity index (χ0) is 19.1. The molecule has 27 heavy (non-hydrogen) atoms. The lowest BCUT2D eigenvalue weighted by Gasteiger charge is -2.29. The molecule has 2 N–H and O–H groups in total. The smallest absolute Gasteiger partial charge is 0.255 e. The Morgan fingerprint density at radius 3 is 2.33 bits per heavy atom. The quantitative estimate of drug-likeness (QED) is 0.748. The van der Waals surface area contributed by atoms with Gasteiger partial charge in [-0.3, -0.25) is 9.59 Å². The zero-order valence-electron chi connectivity index (χ0n) is 15.1. The van der Waals surface area contributed by atoms with E-state index in [1.807, 2.05) is 0 Å². The minimum Gasteiger partial charge on any atom is -0.356 e. The number of benzene rings is 1. The number of hydrogen-bond donors (Lipinski definition) is 2.